The second-order valence-electron chi connectivity index (χ2n) is 2.42. The van der Waals surface area contributed by atoms with Crippen molar-refractivity contribution in [2.24, 2.45) is 5.73 Å². The summed E-state index contributed by atoms with van der Waals surface area (Å²) in [6.45, 7) is 0.231. The molecule has 0 heterocycles. The van der Waals surface area contributed by atoms with Gasteiger partial charge in [0.25, 0.3) is 0 Å². The van der Waals surface area contributed by atoms with E-state index in [0.717, 1.165) is 14.5 Å². The van der Waals surface area contributed by atoms with Gasteiger partial charge in [0.15, 0.2) is 0 Å². The molecule has 0 aromatic heterocycles. The second-order valence-corrected chi connectivity index (χ2v) is 4.19. The smallest absolute Gasteiger partial charge is 0.0923 e. The van der Waals surface area contributed by atoms with E-state index in [2.05, 4.69) is 31.9 Å². The highest BCUT2D eigenvalue weighted by molar-refractivity contribution is 9.11. The first-order chi connectivity index (χ1) is 5.65. The molecule has 0 fully saturated rings. The largest absolute Gasteiger partial charge is 0.387 e. The quantitative estimate of drug-likeness (QED) is 0.878. The Kier molecular flexibility index (Phi) is 3.71. The molecule has 1 rings (SSSR count). The Hall–Kier alpha value is 0.1000. The molecule has 0 saturated heterocycles. The van der Waals surface area contributed by atoms with Gasteiger partial charge in [0.2, 0.25) is 0 Å². The van der Waals surface area contributed by atoms with Crippen LogP contribution in [0.2, 0.25) is 0 Å². The Morgan fingerprint density at radius 2 is 2.08 bits per heavy atom. The third-order valence-corrected chi connectivity index (χ3v) is 2.76. The lowest BCUT2D eigenvalue weighted by molar-refractivity contribution is 0.186. The molecule has 1 aromatic rings. The van der Waals surface area contributed by atoms with E-state index in [1.165, 1.54) is 0 Å². The summed E-state index contributed by atoms with van der Waals surface area (Å²) in [6, 6.07) is 5.62. The van der Waals surface area contributed by atoms with Crippen LogP contribution in [0.4, 0.5) is 0 Å². The molecule has 2 nitrogen and oxygen atoms in total. The van der Waals surface area contributed by atoms with Crippen LogP contribution in [0.15, 0.2) is 27.1 Å². The summed E-state index contributed by atoms with van der Waals surface area (Å²) in [6.07, 6.45) is -0.600. The maximum absolute atomic E-state index is 9.46. The SMILES string of the molecule is NCC(O)c1cc(Br)ccc1Br. The Bertz CT molecular complexity index is 278. The van der Waals surface area contributed by atoms with Gasteiger partial charge < -0.3 is 10.8 Å². The molecular formula is C8H9Br2NO. The summed E-state index contributed by atoms with van der Waals surface area (Å²) in [7, 11) is 0. The van der Waals surface area contributed by atoms with E-state index in [1.807, 2.05) is 18.2 Å². The fourth-order valence-electron chi connectivity index (χ4n) is 0.897. The van der Waals surface area contributed by atoms with Crippen LogP contribution < -0.4 is 5.73 Å². The first-order valence-electron chi connectivity index (χ1n) is 3.48. The van der Waals surface area contributed by atoms with Crippen LogP contribution in [0.25, 0.3) is 0 Å². The maximum Gasteiger partial charge on any atom is 0.0923 e. The van der Waals surface area contributed by atoms with Gasteiger partial charge in [-0.15, -0.1) is 0 Å². The van der Waals surface area contributed by atoms with Crippen molar-refractivity contribution in [3.63, 3.8) is 0 Å². The summed E-state index contributed by atoms with van der Waals surface area (Å²) in [5, 5.41) is 9.46. The number of halogens is 2. The summed E-state index contributed by atoms with van der Waals surface area (Å²) < 4.78 is 1.82. The fourth-order valence-corrected chi connectivity index (χ4v) is 1.79. The average molecular weight is 295 g/mol. The first-order valence-corrected chi connectivity index (χ1v) is 5.07. The fraction of sp³-hybridized carbons (Fsp3) is 0.250. The van der Waals surface area contributed by atoms with Crippen molar-refractivity contribution in [3.8, 4) is 0 Å². The monoisotopic (exact) mass is 293 g/mol. The van der Waals surface area contributed by atoms with Crippen LogP contribution in [0.5, 0.6) is 0 Å². The number of nitrogens with two attached hydrogens (primary N) is 1. The van der Waals surface area contributed by atoms with Crippen molar-refractivity contribution in [2.45, 2.75) is 6.10 Å². The third-order valence-electron chi connectivity index (χ3n) is 1.54. The molecule has 0 aliphatic carbocycles. The van der Waals surface area contributed by atoms with Crippen LogP contribution >= 0.6 is 31.9 Å². The van der Waals surface area contributed by atoms with E-state index >= 15 is 0 Å². The Labute approximate surface area is 88.0 Å². The standard InChI is InChI=1S/C8H9Br2NO/c9-5-1-2-7(10)6(3-5)8(12)4-11/h1-3,8,12H,4,11H2. The van der Waals surface area contributed by atoms with Gasteiger partial charge in [-0.25, -0.2) is 0 Å². The normalized spacial score (nSPS) is 13.0. The molecule has 3 N–H and O–H groups in total. The van der Waals surface area contributed by atoms with E-state index in [9.17, 15) is 5.11 Å². The van der Waals surface area contributed by atoms with Crippen LogP contribution in [0.3, 0.4) is 0 Å². The molecule has 0 aliphatic heterocycles. The summed E-state index contributed by atoms with van der Waals surface area (Å²) in [5.74, 6) is 0. The van der Waals surface area contributed by atoms with E-state index < -0.39 is 6.10 Å². The van der Waals surface area contributed by atoms with Crippen molar-refractivity contribution in [3.05, 3.63) is 32.7 Å². The van der Waals surface area contributed by atoms with Gasteiger partial charge in [-0.05, 0) is 23.8 Å². The van der Waals surface area contributed by atoms with Gasteiger partial charge in [0.1, 0.15) is 0 Å². The molecule has 1 atom stereocenters. The van der Waals surface area contributed by atoms with Crippen LogP contribution in [0, 0.1) is 0 Å². The van der Waals surface area contributed by atoms with Crippen molar-refractivity contribution in [2.75, 3.05) is 6.54 Å². The minimum absolute atomic E-state index is 0.231. The van der Waals surface area contributed by atoms with E-state index in [0.29, 0.717) is 0 Å². The van der Waals surface area contributed by atoms with Crippen molar-refractivity contribution < 1.29 is 5.11 Å². The van der Waals surface area contributed by atoms with Crippen LogP contribution in [-0.4, -0.2) is 11.7 Å². The summed E-state index contributed by atoms with van der Waals surface area (Å²) >= 11 is 6.66. The van der Waals surface area contributed by atoms with E-state index in [1.54, 1.807) is 0 Å². The van der Waals surface area contributed by atoms with E-state index in [4.69, 9.17) is 5.73 Å². The highest BCUT2D eigenvalue weighted by Gasteiger charge is 2.08. The van der Waals surface area contributed by atoms with Gasteiger partial charge in [0, 0.05) is 15.5 Å². The molecule has 0 amide bonds. The number of benzene rings is 1. The summed E-state index contributed by atoms with van der Waals surface area (Å²) in [4.78, 5) is 0. The lowest BCUT2D eigenvalue weighted by Crippen LogP contribution is -2.11. The van der Waals surface area contributed by atoms with Gasteiger partial charge in [-0.1, -0.05) is 31.9 Å². The molecule has 66 valence electrons. The minimum atomic E-state index is -0.600. The molecule has 0 aliphatic rings. The molecule has 0 bridgehead atoms. The lowest BCUT2D eigenvalue weighted by atomic mass is 10.1. The average Bonchev–Trinajstić information content (AvgIpc) is 2.08. The Morgan fingerprint density at radius 3 is 2.67 bits per heavy atom. The van der Waals surface area contributed by atoms with Crippen LogP contribution in [-0.2, 0) is 0 Å². The molecule has 0 saturated carbocycles. The van der Waals surface area contributed by atoms with Gasteiger partial charge in [0.05, 0.1) is 6.10 Å². The zero-order chi connectivity index (χ0) is 9.14. The third kappa shape index (κ3) is 2.29. The predicted molar refractivity (Wildman–Crippen MR) is 55.9 cm³/mol. The highest BCUT2D eigenvalue weighted by atomic mass is 79.9. The van der Waals surface area contributed by atoms with E-state index in [-0.39, 0.29) is 6.54 Å². The van der Waals surface area contributed by atoms with Gasteiger partial charge >= 0.3 is 0 Å². The van der Waals surface area contributed by atoms with Gasteiger partial charge in [-0.2, -0.15) is 0 Å². The van der Waals surface area contributed by atoms with Crippen molar-refractivity contribution in [1.82, 2.24) is 0 Å². The van der Waals surface area contributed by atoms with Crippen molar-refractivity contribution in [1.29, 1.82) is 0 Å². The Morgan fingerprint density at radius 1 is 1.42 bits per heavy atom. The van der Waals surface area contributed by atoms with Gasteiger partial charge in [-0.3, -0.25) is 0 Å². The maximum atomic E-state index is 9.46. The molecule has 1 aromatic carbocycles. The number of aliphatic hydroxyl groups is 1. The second kappa shape index (κ2) is 4.37. The molecular weight excluding hydrogens is 286 g/mol. The lowest BCUT2D eigenvalue weighted by Gasteiger charge is -2.10. The molecule has 0 radical (unpaired) electrons. The topological polar surface area (TPSA) is 46.2 Å². The minimum Gasteiger partial charge on any atom is -0.387 e. The molecule has 4 heteroatoms. The zero-order valence-electron chi connectivity index (χ0n) is 6.30. The predicted octanol–water partition coefficient (Wildman–Crippen LogP) is 2.20. The molecule has 0 spiro atoms. The highest BCUT2D eigenvalue weighted by Crippen LogP contribution is 2.26. The number of hydrogen-bond acceptors (Lipinski definition) is 2. The zero-order valence-corrected chi connectivity index (χ0v) is 9.47. The summed E-state index contributed by atoms with van der Waals surface area (Å²) in [5.41, 5.74) is 6.15. The molecule has 1 unspecified atom stereocenters. The number of hydrogen-bond donors (Lipinski definition) is 2. The molecule has 12 heavy (non-hydrogen) atoms. The van der Waals surface area contributed by atoms with Crippen LogP contribution in [0.1, 0.15) is 11.7 Å². The number of aliphatic hydroxyl groups excluding tert-OH is 1. The Balaban J connectivity index is 3.04. The first kappa shape index (κ1) is 10.2. The number of rotatable bonds is 2. The van der Waals surface area contributed by atoms with Crippen molar-refractivity contribution >= 4 is 31.9 Å².